The summed E-state index contributed by atoms with van der Waals surface area (Å²) in [5, 5.41) is 0.625. The van der Waals surface area contributed by atoms with E-state index in [-0.39, 0.29) is 29.2 Å². The lowest BCUT2D eigenvalue weighted by molar-refractivity contribution is 0.146. The van der Waals surface area contributed by atoms with Crippen LogP contribution in [0.2, 0.25) is 0 Å². The van der Waals surface area contributed by atoms with Gasteiger partial charge >= 0.3 is 0 Å². The predicted molar refractivity (Wildman–Crippen MR) is 126 cm³/mol. The van der Waals surface area contributed by atoms with Gasteiger partial charge in [-0.15, -0.1) is 0 Å². The molecule has 0 N–H and O–H groups in total. The van der Waals surface area contributed by atoms with Crippen molar-refractivity contribution in [3.8, 4) is 0 Å². The van der Waals surface area contributed by atoms with Gasteiger partial charge in [0.25, 0.3) is 12.0 Å². The number of halogens is 3. The molecule has 10 heteroatoms. The highest BCUT2D eigenvalue weighted by Crippen LogP contribution is 2.54. The summed E-state index contributed by atoms with van der Waals surface area (Å²) in [5.74, 6) is -1.50. The zero-order valence-corrected chi connectivity index (χ0v) is 20.3. The second-order valence-electron chi connectivity index (χ2n) is 9.87. The lowest BCUT2D eigenvalue weighted by Crippen LogP contribution is -2.36. The molecule has 1 aliphatic carbocycles. The van der Waals surface area contributed by atoms with Crippen LogP contribution in [0.15, 0.2) is 35.4 Å². The number of nitrogens with zero attached hydrogens (tertiary/aromatic N) is 3. The molecule has 2 aromatic heterocycles. The molecular weight excluding hydrogens is 479 g/mol. The zero-order valence-electron chi connectivity index (χ0n) is 19.5. The van der Waals surface area contributed by atoms with E-state index in [0.717, 1.165) is 6.07 Å². The Hall–Kier alpha value is -2.75. The van der Waals surface area contributed by atoms with Crippen LogP contribution >= 0.6 is 0 Å². The second-order valence-corrected chi connectivity index (χ2v) is 12.4. The standard InChI is InChI=1S/C25H26F3N3O3S/c1-14(16-4-3-5-17(21(16)26)22(27)28)10-20-19-11-18(24(32)31(2)23(19)30-13-29-20)15-6-9-35(33,34)25(12-15)7-8-25/h3-5,11,13-15,22H,6-10,12H2,1-2H3/t14-,15?/m0/s1. The third kappa shape index (κ3) is 3.95. The molecule has 5 rings (SSSR count). The topological polar surface area (TPSA) is 81.9 Å². The number of pyridine rings is 1. The van der Waals surface area contributed by atoms with Crippen molar-refractivity contribution in [2.24, 2.45) is 7.05 Å². The largest absolute Gasteiger partial charge is 0.295 e. The van der Waals surface area contributed by atoms with Crippen LogP contribution in [-0.4, -0.2) is 33.5 Å². The number of rotatable bonds is 5. The van der Waals surface area contributed by atoms with Gasteiger partial charge in [0, 0.05) is 18.0 Å². The average molecular weight is 506 g/mol. The van der Waals surface area contributed by atoms with Crippen LogP contribution in [0.1, 0.15) is 73.3 Å². The molecule has 2 fully saturated rings. The van der Waals surface area contributed by atoms with Gasteiger partial charge in [0.1, 0.15) is 17.8 Å². The van der Waals surface area contributed by atoms with Crippen LogP contribution in [0.5, 0.6) is 0 Å². The fourth-order valence-electron chi connectivity index (χ4n) is 5.43. The van der Waals surface area contributed by atoms with Crippen molar-refractivity contribution in [3.63, 3.8) is 0 Å². The summed E-state index contributed by atoms with van der Waals surface area (Å²) in [6.07, 6.45) is 0.763. The van der Waals surface area contributed by atoms with Crippen LogP contribution in [0.3, 0.4) is 0 Å². The molecule has 1 saturated heterocycles. The number of sulfone groups is 1. The molecule has 0 amide bonds. The van der Waals surface area contributed by atoms with E-state index in [9.17, 15) is 26.4 Å². The molecule has 35 heavy (non-hydrogen) atoms. The average Bonchev–Trinajstić information content (AvgIpc) is 3.59. The van der Waals surface area contributed by atoms with Gasteiger partial charge in [0.05, 0.1) is 21.8 Å². The molecule has 2 atom stereocenters. The predicted octanol–water partition coefficient (Wildman–Crippen LogP) is 4.58. The number of aromatic nitrogens is 3. The Balaban J connectivity index is 1.54. The first-order valence-electron chi connectivity index (χ1n) is 11.7. The number of alkyl halides is 2. The van der Waals surface area contributed by atoms with Crippen molar-refractivity contribution in [2.45, 2.75) is 62.0 Å². The van der Waals surface area contributed by atoms with Crippen molar-refractivity contribution >= 4 is 20.9 Å². The number of benzene rings is 1. The van der Waals surface area contributed by atoms with E-state index in [0.29, 0.717) is 48.0 Å². The summed E-state index contributed by atoms with van der Waals surface area (Å²) in [7, 11) is -1.53. The van der Waals surface area contributed by atoms with Crippen molar-refractivity contribution in [1.82, 2.24) is 14.5 Å². The third-order valence-corrected chi connectivity index (χ3v) is 10.4. The Morgan fingerprint density at radius 1 is 1.20 bits per heavy atom. The van der Waals surface area contributed by atoms with Gasteiger partial charge in [-0.3, -0.25) is 9.36 Å². The van der Waals surface area contributed by atoms with E-state index in [4.69, 9.17) is 0 Å². The molecular formula is C25H26F3N3O3S. The van der Waals surface area contributed by atoms with Gasteiger partial charge in [0.2, 0.25) is 0 Å². The summed E-state index contributed by atoms with van der Waals surface area (Å²) in [5.41, 5.74) is 0.857. The molecule has 1 spiro atoms. The summed E-state index contributed by atoms with van der Waals surface area (Å²) in [6, 6.07) is 5.74. The fraction of sp³-hybridized carbons (Fsp3) is 0.480. The summed E-state index contributed by atoms with van der Waals surface area (Å²) in [6.45, 7) is 1.74. The van der Waals surface area contributed by atoms with Crippen LogP contribution in [-0.2, 0) is 23.3 Å². The van der Waals surface area contributed by atoms with Crippen molar-refractivity contribution in [3.05, 3.63) is 69.1 Å². The molecule has 0 bridgehead atoms. The van der Waals surface area contributed by atoms with E-state index in [1.165, 1.54) is 23.0 Å². The minimum Gasteiger partial charge on any atom is -0.295 e. The SMILES string of the molecule is C[C@@H](Cc1ncnc2c1cc(C1CCS(=O)(=O)C3(CC3)C1)c(=O)n2C)c1cccc(C(F)F)c1F. The summed E-state index contributed by atoms with van der Waals surface area (Å²) in [4.78, 5) is 21.9. The minimum atomic E-state index is -3.15. The fourth-order valence-corrected chi connectivity index (χ4v) is 7.64. The second kappa shape index (κ2) is 8.43. The van der Waals surface area contributed by atoms with Crippen LogP contribution in [0.25, 0.3) is 11.0 Å². The first-order chi connectivity index (χ1) is 16.5. The highest BCUT2D eigenvalue weighted by molar-refractivity contribution is 7.93. The Labute approximate surface area is 201 Å². The van der Waals surface area contributed by atoms with Gasteiger partial charge in [-0.1, -0.05) is 25.1 Å². The maximum absolute atomic E-state index is 14.7. The maximum atomic E-state index is 14.7. The Bertz CT molecular complexity index is 1480. The Morgan fingerprint density at radius 3 is 2.60 bits per heavy atom. The van der Waals surface area contributed by atoms with Gasteiger partial charge < -0.3 is 0 Å². The highest BCUT2D eigenvalue weighted by atomic mass is 32.2. The third-order valence-electron chi connectivity index (χ3n) is 7.70. The van der Waals surface area contributed by atoms with E-state index < -0.39 is 38.3 Å². The van der Waals surface area contributed by atoms with Crippen molar-refractivity contribution in [2.75, 3.05) is 5.75 Å². The molecule has 2 aliphatic rings. The van der Waals surface area contributed by atoms with Gasteiger partial charge in [-0.05, 0) is 55.6 Å². The van der Waals surface area contributed by atoms with Crippen molar-refractivity contribution < 1.29 is 21.6 Å². The highest BCUT2D eigenvalue weighted by Gasteiger charge is 2.57. The van der Waals surface area contributed by atoms with Crippen molar-refractivity contribution in [1.29, 1.82) is 0 Å². The molecule has 1 aliphatic heterocycles. The van der Waals surface area contributed by atoms with Crippen LogP contribution in [0.4, 0.5) is 13.2 Å². The number of hydrogen-bond donors (Lipinski definition) is 0. The van der Waals surface area contributed by atoms with E-state index in [1.807, 2.05) is 0 Å². The molecule has 0 radical (unpaired) electrons. The van der Waals surface area contributed by atoms with Gasteiger partial charge in [-0.25, -0.2) is 31.6 Å². The monoisotopic (exact) mass is 505 g/mol. The van der Waals surface area contributed by atoms with E-state index in [2.05, 4.69) is 9.97 Å². The normalized spacial score (nSPS) is 21.5. The number of aryl methyl sites for hydroxylation is 1. The molecule has 3 heterocycles. The lowest BCUT2D eigenvalue weighted by atomic mass is 9.89. The first kappa shape index (κ1) is 24.0. The Morgan fingerprint density at radius 2 is 1.91 bits per heavy atom. The maximum Gasteiger partial charge on any atom is 0.266 e. The van der Waals surface area contributed by atoms with Gasteiger partial charge in [-0.2, -0.15) is 0 Å². The van der Waals surface area contributed by atoms with E-state index in [1.54, 1.807) is 20.0 Å². The number of fused-ring (bicyclic) bond motifs is 1. The molecule has 1 aromatic carbocycles. The quantitative estimate of drug-likeness (QED) is 0.507. The number of hydrogen-bond acceptors (Lipinski definition) is 5. The lowest BCUT2D eigenvalue weighted by Gasteiger charge is -2.29. The molecule has 186 valence electrons. The first-order valence-corrected chi connectivity index (χ1v) is 13.3. The van der Waals surface area contributed by atoms with E-state index >= 15 is 0 Å². The summed E-state index contributed by atoms with van der Waals surface area (Å²) >= 11 is 0. The zero-order chi connectivity index (χ0) is 25.1. The summed E-state index contributed by atoms with van der Waals surface area (Å²) < 4.78 is 66.9. The molecule has 1 saturated carbocycles. The molecule has 3 aromatic rings. The smallest absolute Gasteiger partial charge is 0.266 e. The molecule has 1 unspecified atom stereocenters. The van der Waals surface area contributed by atoms with Gasteiger partial charge in [0.15, 0.2) is 9.84 Å². The van der Waals surface area contributed by atoms with Crippen LogP contribution in [0, 0.1) is 5.82 Å². The molecule has 6 nitrogen and oxygen atoms in total. The minimum absolute atomic E-state index is 0.0633. The Kier molecular flexibility index (Phi) is 5.77. The van der Waals surface area contributed by atoms with Crippen LogP contribution < -0.4 is 5.56 Å².